The van der Waals surface area contributed by atoms with Crippen LogP contribution >= 0.6 is 0 Å². The Bertz CT molecular complexity index is 636. The number of nitrogens with two attached hydrogens (primary N) is 1. The normalized spacial score (nSPS) is 17.5. The first-order chi connectivity index (χ1) is 11.3. The van der Waals surface area contributed by atoms with Gasteiger partial charge in [-0.2, -0.15) is 4.39 Å². The lowest BCUT2D eigenvalue weighted by atomic mass is 10.1. The molecular formula is C16H22FN3O4. The van der Waals surface area contributed by atoms with Gasteiger partial charge in [0.05, 0.1) is 16.6 Å². The van der Waals surface area contributed by atoms with Crippen molar-refractivity contribution < 1.29 is 18.8 Å². The van der Waals surface area contributed by atoms with E-state index in [1.807, 2.05) is 0 Å². The summed E-state index contributed by atoms with van der Waals surface area (Å²) in [7, 11) is 0. The molecule has 1 aliphatic rings. The molecule has 1 atom stereocenters. The summed E-state index contributed by atoms with van der Waals surface area (Å²) in [5, 5.41) is 10.8. The van der Waals surface area contributed by atoms with Gasteiger partial charge in [-0.25, -0.2) is 0 Å². The lowest BCUT2D eigenvalue weighted by Crippen LogP contribution is -2.31. The third kappa shape index (κ3) is 4.19. The first kappa shape index (κ1) is 18.1. The number of nitrogens with zero attached hydrogens (tertiary/aromatic N) is 2. The molecule has 1 heterocycles. The quantitative estimate of drug-likeness (QED) is 0.488. The van der Waals surface area contributed by atoms with Crippen LogP contribution < -0.4 is 5.73 Å². The number of amides is 1. The highest BCUT2D eigenvalue weighted by Gasteiger charge is 2.30. The molecule has 1 saturated heterocycles. The van der Waals surface area contributed by atoms with Gasteiger partial charge >= 0.3 is 5.69 Å². The van der Waals surface area contributed by atoms with Crippen molar-refractivity contribution in [3.8, 4) is 0 Å². The number of carbonyl (C=O) groups is 1. The number of hydrogen-bond acceptors (Lipinski definition) is 5. The highest BCUT2D eigenvalue weighted by molar-refractivity contribution is 6.00. The number of anilines is 1. The number of benzene rings is 1. The molecule has 8 heteroatoms. The van der Waals surface area contributed by atoms with Crippen LogP contribution in [-0.4, -0.2) is 41.5 Å². The lowest BCUT2D eigenvalue weighted by Gasteiger charge is -2.18. The average Bonchev–Trinajstić information content (AvgIpc) is 2.94. The first-order valence-corrected chi connectivity index (χ1v) is 7.94. The molecular weight excluding hydrogens is 317 g/mol. The number of carbonyl (C=O) groups excluding carboxylic acids is 1. The summed E-state index contributed by atoms with van der Waals surface area (Å²) >= 11 is 0. The molecule has 2 rings (SSSR count). The van der Waals surface area contributed by atoms with Crippen molar-refractivity contribution in [1.29, 1.82) is 0 Å². The molecule has 0 radical (unpaired) electrons. The maximum Gasteiger partial charge on any atom is 0.305 e. The van der Waals surface area contributed by atoms with Crippen molar-refractivity contribution >= 4 is 17.3 Å². The van der Waals surface area contributed by atoms with Crippen molar-refractivity contribution in [3.05, 3.63) is 33.6 Å². The third-order valence-corrected chi connectivity index (χ3v) is 4.03. The fourth-order valence-electron chi connectivity index (χ4n) is 2.59. The van der Waals surface area contributed by atoms with E-state index in [2.05, 4.69) is 13.8 Å². The summed E-state index contributed by atoms with van der Waals surface area (Å²) in [5.74, 6) is -0.945. The van der Waals surface area contributed by atoms with E-state index >= 15 is 0 Å². The van der Waals surface area contributed by atoms with Crippen LogP contribution in [0.3, 0.4) is 0 Å². The Morgan fingerprint density at radius 2 is 2.25 bits per heavy atom. The van der Waals surface area contributed by atoms with E-state index in [1.54, 1.807) is 0 Å². The smallest absolute Gasteiger partial charge is 0.305 e. The number of rotatable bonds is 6. The summed E-state index contributed by atoms with van der Waals surface area (Å²) in [6.45, 7) is 5.74. The van der Waals surface area contributed by atoms with Gasteiger partial charge in [0.15, 0.2) is 0 Å². The van der Waals surface area contributed by atoms with Crippen LogP contribution in [0.1, 0.15) is 37.0 Å². The second-order valence-electron chi connectivity index (χ2n) is 6.36. The van der Waals surface area contributed by atoms with Crippen molar-refractivity contribution in [1.82, 2.24) is 4.90 Å². The van der Waals surface area contributed by atoms with Crippen LogP contribution in [0.25, 0.3) is 0 Å². The molecule has 132 valence electrons. The summed E-state index contributed by atoms with van der Waals surface area (Å²) in [6, 6.07) is 1.72. The number of ether oxygens (including phenoxy) is 1. The summed E-state index contributed by atoms with van der Waals surface area (Å²) in [4.78, 5) is 24.0. The second kappa shape index (κ2) is 7.57. The zero-order valence-electron chi connectivity index (χ0n) is 13.8. The Morgan fingerprint density at radius 1 is 1.54 bits per heavy atom. The van der Waals surface area contributed by atoms with Gasteiger partial charge in [0.25, 0.3) is 5.91 Å². The Kier molecular flexibility index (Phi) is 5.71. The molecule has 7 nitrogen and oxygen atoms in total. The highest BCUT2D eigenvalue weighted by atomic mass is 19.1. The average molecular weight is 339 g/mol. The molecule has 1 fully saturated rings. The molecule has 1 aromatic rings. The number of nitrogen functional groups attached to an aromatic ring is 1. The molecule has 2 N–H and O–H groups in total. The molecule has 0 unspecified atom stereocenters. The van der Waals surface area contributed by atoms with Crippen LogP contribution in [0.5, 0.6) is 0 Å². The van der Waals surface area contributed by atoms with Gasteiger partial charge in [-0.05, 0) is 18.8 Å². The van der Waals surface area contributed by atoms with Crippen molar-refractivity contribution in [3.63, 3.8) is 0 Å². The largest absolute Gasteiger partial charge is 0.398 e. The lowest BCUT2D eigenvalue weighted by molar-refractivity contribution is -0.387. The van der Waals surface area contributed by atoms with Gasteiger partial charge in [0.1, 0.15) is 0 Å². The Balaban J connectivity index is 2.05. The van der Waals surface area contributed by atoms with Crippen molar-refractivity contribution in [2.75, 3.05) is 25.4 Å². The molecule has 1 aromatic carbocycles. The van der Waals surface area contributed by atoms with E-state index < -0.39 is 22.3 Å². The second-order valence-corrected chi connectivity index (χ2v) is 6.36. The van der Waals surface area contributed by atoms with E-state index in [9.17, 15) is 19.3 Å². The molecule has 0 aliphatic carbocycles. The number of nitro groups is 1. The molecule has 1 amide bonds. The highest BCUT2D eigenvalue weighted by Crippen LogP contribution is 2.26. The molecule has 0 saturated carbocycles. The predicted octanol–water partition coefficient (Wildman–Crippen LogP) is 2.59. The topological polar surface area (TPSA) is 98.7 Å². The Hall–Kier alpha value is -2.22. The van der Waals surface area contributed by atoms with Gasteiger partial charge in [-0.1, -0.05) is 13.8 Å². The Labute approximate surface area is 139 Å². The molecule has 1 aliphatic heterocycles. The van der Waals surface area contributed by atoms with Crippen molar-refractivity contribution in [2.45, 2.75) is 32.8 Å². The maximum atomic E-state index is 13.5. The van der Waals surface area contributed by atoms with Gasteiger partial charge in [-0.3, -0.25) is 14.9 Å². The number of likely N-dealkylation sites (tertiary alicyclic amines) is 1. The third-order valence-electron chi connectivity index (χ3n) is 4.03. The van der Waals surface area contributed by atoms with Gasteiger partial charge < -0.3 is 15.4 Å². The summed E-state index contributed by atoms with van der Waals surface area (Å²) in [5.41, 5.74) is 4.76. The van der Waals surface area contributed by atoms with E-state index in [-0.39, 0.29) is 17.4 Å². The fraction of sp³-hybridized carbons (Fsp3) is 0.562. The van der Waals surface area contributed by atoms with Crippen LogP contribution in [0.2, 0.25) is 0 Å². The van der Waals surface area contributed by atoms with E-state index in [1.165, 1.54) is 4.90 Å². The van der Waals surface area contributed by atoms with Crippen LogP contribution in [0.4, 0.5) is 15.8 Å². The number of nitro benzene ring substituents is 1. The standard InChI is InChI=1S/C16H22FN3O4/c1-10(2)4-6-24-11-3-5-19(9-11)16(21)12-7-15(20(22)23)13(17)8-14(12)18/h7-8,10-11H,3-6,9,18H2,1-2H3/t11-/m1/s1. The predicted molar refractivity (Wildman–Crippen MR) is 87.2 cm³/mol. The van der Waals surface area contributed by atoms with Crippen molar-refractivity contribution in [2.24, 2.45) is 5.92 Å². The number of hydrogen-bond donors (Lipinski definition) is 1. The molecule has 0 spiro atoms. The summed E-state index contributed by atoms with van der Waals surface area (Å²) in [6.07, 6.45) is 1.60. The van der Waals surface area contributed by atoms with Gasteiger partial charge in [0, 0.05) is 37.5 Å². The fourth-order valence-corrected chi connectivity index (χ4v) is 2.59. The van der Waals surface area contributed by atoms with Crippen LogP contribution in [0.15, 0.2) is 12.1 Å². The monoisotopic (exact) mass is 339 g/mol. The van der Waals surface area contributed by atoms with Crippen LogP contribution in [-0.2, 0) is 4.74 Å². The summed E-state index contributed by atoms with van der Waals surface area (Å²) < 4.78 is 19.3. The minimum absolute atomic E-state index is 0.0501. The van der Waals surface area contributed by atoms with E-state index in [4.69, 9.17) is 10.5 Å². The minimum Gasteiger partial charge on any atom is -0.398 e. The zero-order chi connectivity index (χ0) is 17.9. The molecule has 0 bridgehead atoms. The van der Waals surface area contributed by atoms with Gasteiger partial charge in [0.2, 0.25) is 5.82 Å². The molecule has 24 heavy (non-hydrogen) atoms. The van der Waals surface area contributed by atoms with E-state index in [0.29, 0.717) is 32.0 Å². The van der Waals surface area contributed by atoms with E-state index in [0.717, 1.165) is 18.6 Å². The molecule has 0 aromatic heterocycles. The minimum atomic E-state index is -1.05. The SMILES string of the molecule is CC(C)CCO[C@@H]1CCN(C(=O)c2cc([N+](=O)[O-])c(F)cc2N)C1. The zero-order valence-corrected chi connectivity index (χ0v) is 13.8. The van der Waals surface area contributed by atoms with Crippen LogP contribution in [0, 0.1) is 21.8 Å². The maximum absolute atomic E-state index is 13.5. The van der Waals surface area contributed by atoms with Gasteiger partial charge in [-0.15, -0.1) is 0 Å². The first-order valence-electron chi connectivity index (χ1n) is 7.94. The Morgan fingerprint density at radius 3 is 2.88 bits per heavy atom. The number of halogens is 1.